The summed E-state index contributed by atoms with van der Waals surface area (Å²) in [6, 6.07) is 6.17. The minimum Gasteiger partial charge on any atom is -0.444 e. The van der Waals surface area contributed by atoms with Crippen molar-refractivity contribution in [1.29, 1.82) is 0 Å². The third-order valence-corrected chi connectivity index (χ3v) is 2.07. The largest absolute Gasteiger partial charge is 0.444 e. The first kappa shape index (κ1) is 13.0. The molecule has 1 amide bonds. The minimum atomic E-state index is -0.565. The van der Waals surface area contributed by atoms with Crippen LogP contribution < -0.4 is 5.32 Å². The molecule has 0 bridgehead atoms. The highest BCUT2D eigenvalue weighted by atomic mass is 16.6. The number of nitro benzene ring substituents is 1. The van der Waals surface area contributed by atoms with Crippen LogP contribution in [0.4, 0.5) is 10.5 Å². The molecule has 0 spiro atoms. The summed E-state index contributed by atoms with van der Waals surface area (Å²) in [4.78, 5) is 21.3. The van der Waals surface area contributed by atoms with Gasteiger partial charge < -0.3 is 10.1 Å². The zero-order valence-corrected chi connectivity index (χ0v) is 9.51. The molecule has 6 nitrogen and oxygen atoms in total. The maximum atomic E-state index is 11.2. The van der Waals surface area contributed by atoms with Gasteiger partial charge in [-0.3, -0.25) is 10.1 Å². The number of nitro groups is 1. The van der Waals surface area contributed by atoms with Gasteiger partial charge in [0.05, 0.1) is 10.5 Å². The van der Waals surface area contributed by atoms with Gasteiger partial charge in [-0.05, 0) is 12.5 Å². The first-order valence-corrected chi connectivity index (χ1v) is 5.28. The van der Waals surface area contributed by atoms with Crippen LogP contribution in [0.3, 0.4) is 0 Å². The number of nitrogens with one attached hydrogen (secondary N) is 1. The van der Waals surface area contributed by atoms with E-state index in [1.54, 1.807) is 18.2 Å². The van der Waals surface area contributed by atoms with Gasteiger partial charge in [0.1, 0.15) is 6.61 Å². The first-order valence-electron chi connectivity index (χ1n) is 5.28. The molecule has 1 rings (SSSR count). The summed E-state index contributed by atoms with van der Waals surface area (Å²) in [5, 5.41) is 13.2. The molecule has 92 valence electrons. The van der Waals surface area contributed by atoms with Crippen molar-refractivity contribution in [2.45, 2.75) is 20.0 Å². The van der Waals surface area contributed by atoms with Crippen molar-refractivity contribution in [3.63, 3.8) is 0 Å². The molecule has 0 aliphatic rings. The summed E-state index contributed by atoms with van der Waals surface area (Å²) in [5.74, 6) is 0. The molecule has 1 aromatic carbocycles. The van der Waals surface area contributed by atoms with Gasteiger partial charge >= 0.3 is 6.09 Å². The summed E-state index contributed by atoms with van der Waals surface area (Å²) in [6.07, 6.45) is 0.241. The summed E-state index contributed by atoms with van der Waals surface area (Å²) in [6.45, 7) is 2.34. The Balaban J connectivity index is 2.57. The number of amides is 1. The Kier molecular flexibility index (Phi) is 4.93. The van der Waals surface area contributed by atoms with Crippen molar-refractivity contribution in [3.05, 3.63) is 39.9 Å². The minimum absolute atomic E-state index is 0.0456. The topological polar surface area (TPSA) is 81.5 Å². The zero-order valence-electron chi connectivity index (χ0n) is 9.51. The van der Waals surface area contributed by atoms with Gasteiger partial charge in [0.15, 0.2) is 0 Å². The average molecular weight is 238 g/mol. The Morgan fingerprint density at radius 2 is 2.18 bits per heavy atom. The van der Waals surface area contributed by atoms with E-state index in [0.717, 1.165) is 6.42 Å². The molecule has 0 radical (unpaired) electrons. The van der Waals surface area contributed by atoms with Gasteiger partial charge in [-0.25, -0.2) is 4.79 Å². The van der Waals surface area contributed by atoms with Crippen LogP contribution in [0, 0.1) is 10.1 Å². The fourth-order valence-corrected chi connectivity index (χ4v) is 1.23. The summed E-state index contributed by atoms with van der Waals surface area (Å²) in [5.41, 5.74) is 0.333. The number of hydrogen-bond donors (Lipinski definition) is 1. The predicted octanol–water partition coefficient (Wildman–Crippen LogP) is 2.23. The third-order valence-electron chi connectivity index (χ3n) is 2.07. The fraction of sp³-hybridized carbons (Fsp3) is 0.364. The quantitative estimate of drug-likeness (QED) is 0.630. The molecule has 0 aliphatic heterocycles. The van der Waals surface area contributed by atoms with E-state index >= 15 is 0 Å². The van der Waals surface area contributed by atoms with Gasteiger partial charge in [0.2, 0.25) is 0 Å². The van der Waals surface area contributed by atoms with Crippen LogP contribution in [-0.4, -0.2) is 17.6 Å². The number of hydrogen-bond acceptors (Lipinski definition) is 4. The van der Waals surface area contributed by atoms with E-state index in [1.807, 2.05) is 6.92 Å². The smallest absolute Gasteiger partial charge is 0.407 e. The molecule has 0 saturated heterocycles. The number of ether oxygens (including phenoxy) is 1. The lowest BCUT2D eigenvalue weighted by molar-refractivity contribution is -0.385. The van der Waals surface area contributed by atoms with Crippen LogP contribution in [0.25, 0.3) is 0 Å². The first-order chi connectivity index (χ1) is 8.15. The predicted molar refractivity (Wildman–Crippen MR) is 61.6 cm³/mol. The number of para-hydroxylation sites is 1. The lowest BCUT2D eigenvalue weighted by Crippen LogP contribution is -2.24. The van der Waals surface area contributed by atoms with Crippen LogP contribution in [-0.2, 0) is 11.3 Å². The third kappa shape index (κ3) is 4.10. The van der Waals surface area contributed by atoms with Crippen molar-refractivity contribution in [1.82, 2.24) is 5.32 Å². The number of carbonyl (C=O) groups is 1. The van der Waals surface area contributed by atoms with Crippen LogP contribution >= 0.6 is 0 Å². The van der Waals surface area contributed by atoms with Crippen LogP contribution in [0.1, 0.15) is 18.9 Å². The van der Waals surface area contributed by atoms with Crippen molar-refractivity contribution in [3.8, 4) is 0 Å². The van der Waals surface area contributed by atoms with Gasteiger partial charge in [-0.15, -0.1) is 0 Å². The second kappa shape index (κ2) is 6.47. The molecule has 1 aromatic rings. The van der Waals surface area contributed by atoms with Gasteiger partial charge in [0.25, 0.3) is 5.69 Å². The maximum absolute atomic E-state index is 11.2. The normalized spacial score (nSPS) is 9.71. The molecule has 0 aliphatic carbocycles. The Morgan fingerprint density at radius 3 is 2.82 bits per heavy atom. The Labute approximate surface area is 98.7 Å². The molecule has 0 heterocycles. The van der Waals surface area contributed by atoms with E-state index in [0.29, 0.717) is 12.1 Å². The SMILES string of the molecule is CCCNC(=O)OCc1ccccc1[N+](=O)[O-]. The molecule has 1 N–H and O–H groups in total. The molecule has 0 unspecified atom stereocenters. The van der Waals surface area contributed by atoms with E-state index in [9.17, 15) is 14.9 Å². The van der Waals surface area contributed by atoms with E-state index < -0.39 is 11.0 Å². The Hall–Kier alpha value is -2.11. The average Bonchev–Trinajstić information content (AvgIpc) is 2.34. The highest BCUT2D eigenvalue weighted by Crippen LogP contribution is 2.18. The molecular formula is C11H14N2O4. The Morgan fingerprint density at radius 1 is 1.47 bits per heavy atom. The van der Waals surface area contributed by atoms with Gasteiger partial charge in [-0.1, -0.05) is 19.1 Å². The van der Waals surface area contributed by atoms with Gasteiger partial charge in [0, 0.05) is 12.6 Å². The molecule has 0 saturated carbocycles. The lowest BCUT2D eigenvalue weighted by atomic mass is 10.2. The highest BCUT2D eigenvalue weighted by molar-refractivity contribution is 5.67. The number of nitrogens with zero attached hydrogens (tertiary/aromatic N) is 1. The van der Waals surface area contributed by atoms with Crippen molar-refractivity contribution < 1.29 is 14.5 Å². The lowest BCUT2D eigenvalue weighted by Gasteiger charge is -2.06. The summed E-state index contributed by atoms with van der Waals surface area (Å²) < 4.78 is 4.87. The number of alkyl carbamates (subject to hydrolysis) is 1. The summed E-state index contributed by atoms with van der Waals surface area (Å²) >= 11 is 0. The second-order valence-electron chi connectivity index (χ2n) is 3.39. The molecule has 0 aromatic heterocycles. The molecule has 0 atom stereocenters. The zero-order chi connectivity index (χ0) is 12.7. The van der Waals surface area contributed by atoms with E-state index in [-0.39, 0.29) is 12.3 Å². The number of rotatable bonds is 5. The Bertz CT molecular complexity index is 406. The van der Waals surface area contributed by atoms with Crippen molar-refractivity contribution in [2.24, 2.45) is 0 Å². The monoisotopic (exact) mass is 238 g/mol. The summed E-state index contributed by atoms with van der Waals surface area (Å²) in [7, 11) is 0. The highest BCUT2D eigenvalue weighted by Gasteiger charge is 2.13. The molecule has 6 heteroatoms. The van der Waals surface area contributed by atoms with Gasteiger partial charge in [-0.2, -0.15) is 0 Å². The number of carbonyl (C=O) groups excluding carboxylic acids is 1. The number of benzene rings is 1. The van der Waals surface area contributed by atoms with E-state index in [2.05, 4.69) is 5.32 Å². The van der Waals surface area contributed by atoms with Crippen LogP contribution in [0.15, 0.2) is 24.3 Å². The molecule has 0 fully saturated rings. The molecule has 17 heavy (non-hydrogen) atoms. The van der Waals surface area contributed by atoms with Crippen molar-refractivity contribution in [2.75, 3.05) is 6.54 Å². The standard InChI is InChI=1S/C11H14N2O4/c1-2-7-12-11(14)17-8-9-5-3-4-6-10(9)13(15)16/h3-6H,2,7-8H2,1H3,(H,12,14). The maximum Gasteiger partial charge on any atom is 0.407 e. The second-order valence-corrected chi connectivity index (χ2v) is 3.39. The van der Waals surface area contributed by atoms with E-state index in [4.69, 9.17) is 4.74 Å². The van der Waals surface area contributed by atoms with E-state index in [1.165, 1.54) is 6.07 Å². The van der Waals surface area contributed by atoms with Crippen LogP contribution in [0.2, 0.25) is 0 Å². The fourth-order valence-electron chi connectivity index (χ4n) is 1.23. The molecular weight excluding hydrogens is 224 g/mol. The van der Waals surface area contributed by atoms with Crippen LogP contribution in [0.5, 0.6) is 0 Å². The van der Waals surface area contributed by atoms with Crippen molar-refractivity contribution >= 4 is 11.8 Å².